The molecule has 0 aliphatic carbocycles. The number of fused-ring (bicyclic) bond motifs is 1. The summed E-state index contributed by atoms with van der Waals surface area (Å²) >= 11 is 0. The average Bonchev–Trinajstić information content (AvgIpc) is 3.44. The third kappa shape index (κ3) is 6.43. The first-order chi connectivity index (χ1) is 21.0. The zero-order valence-electron chi connectivity index (χ0n) is 23.7. The van der Waals surface area contributed by atoms with Crippen molar-refractivity contribution in [3.05, 3.63) is 47.8 Å². The molecule has 3 aromatic rings. The van der Waals surface area contributed by atoms with Crippen molar-refractivity contribution in [2.75, 3.05) is 93.2 Å². The standard InChI is InChI=1S/C28H34N10O5/c29-26-30-17-20(18-31-26)23-22-5-6-38(24(22)34-27(33-23)37-12-15-42-16-13-37)43-28(41)32-21-3-1-19(2-4-21)25(40)36-9-7-35(8-10-36)11-14-39/h1-4,17-18,39H,5-16H2,(H,32,41)(H2,29,30,31). The van der Waals surface area contributed by atoms with E-state index in [0.29, 0.717) is 93.2 Å². The third-order valence-electron chi connectivity index (χ3n) is 7.66. The number of aliphatic hydroxyl groups excluding tert-OH is 1. The number of nitrogens with one attached hydrogen (secondary N) is 1. The van der Waals surface area contributed by atoms with Gasteiger partial charge < -0.3 is 30.2 Å². The van der Waals surface area contributed by atoms with Crippen molar-refractivity contribution in [3.8, 4) is 11.3 Å². The monoisotopic (exact) mass is 590 g/mol. The molecule has 0 bridgehead atoms. The predicted octanol–water partition coefficient (Wildman–Crippen LogP) is 0.629. The molecule has 3 aliphatic heterocycles. The van der Waals surface area contributed by atoms with Gasteiger partial charge in [0.15, 0.2) is 5.82 Å². The maximum absolute atomic E-state index is 12.9. The van der Waals surface area contributed by atoms with E-state index in [2.05, 4.69) is 20.2 Å². The minimum Gasteiger partial charge on any atom is -0.395 e. The van der Waals surface area contributed by atoms with Crippen LogP contribution in [0, 0.1) is 0 Å². The number of carbonyl (C=O) groups excluding carboxylic acids is 2. The SMILES string of the molecule is Nc1ncc(-c2nc(N3CCOCC3)nc3c2CCN3OC(=O)Nc2ccc(C(=O)N3CCN(CCO)CC3)cc2)cn1. The van der Waals surface area contributed by atoms with Crippen LogP contribution in [0.25, 0.3) is 11.3 Å². The Morgan fingerprint density at radius 3 is 2.40 bits per heavy atom. The molecule has 0 spiro atoms. The molecule has 3 aliphatic rings. The number of amides is 2. The quantitative estimate of drug-likeness (QED) is 0.350. The van der Waals surface area contributed by atoms with Gasteiger partial charge in [-0.3, -0.25) is 15.0 Å². The summed E-state index contributed by atoms with van der Waals surface area (Å²) in [6.45, 7) is 6.18. The molecule has 2 fully saturated rings. The molecule has 15 heteroatoms. The van der Waals surface area contributed by atoms with E-state index in [0.717, 1.165) is 18.7 Å². The van der Waals surface area contributed by atoms with Gasteiger partial charge in [-0.25, -0.2) is 19.7 Å². The molecular formula is C28H34N10O5. The maximum Gasteiger partial charge on any atom is 0.436 e. The molecule has 15 nitrogen and oxygen atoms in total. The number of anilines is 4. The second-order valence-electron chi connectivity index (χ2n) is 10.4. The molecule has 43 heavy (non-hydrogen) atoms. The zero-order chi connectivity index (χ0) is 29.8. The molecule has 2 aromatic heterocycles. The fourth-order valence-corrected chi connectivity index (χ4v) is 5.34. The second-order valence-corrected chi connectivity index (χ2v) is 10.4. The number of nitrogen functional groups attached to an aromatic ring is 1. The van der Waals surface area contributed by atoms with Crippen molar-refractivity contribution in [1.82, 2.24) is 29.7 Å². The number of aromatic nitrogens is 4. The summed E-state index contributed by atoms with van der Waals surface area (Å²) in [7, 11) is 0. The Morgan fingerprint density at radius 1 is 0.977 bits per heavy atom. The lowest BCUT2D eigenvalue weighted by atomic mass is 10.1. The molecule has 0 unspecified atom stereocenters. The highest BCUT2D eigenvalue weighted by atomic mass is 16.7. The van der Waals surface area contributed by atoms with Gasteiger partial charge in [-0.2, -0.15) is 10.0 Å². The Balaban J connectivity index is 1.13. The van der Waals surface area contributed by atoms with E-state index in [4.69, 9.17) is 30.4 Å². The lowest BCUT2D eigenvalue weighted by molar-refractivity contribution is 0.0615. The number of ether oxygens (including phenoxy) is 1. The van der Waals surface area contributed by atoms with Crippen LogP contribution in [0.4, 0.5) is 28.2 Å². The van der Waals surface area contributed by atoms with Crippen molar-refractivity contribution in [2.24, 2.45) is 0 Å². The highest BCUT2D eigenvalue weighted by Gasteiger charge is 2.31. The largest absolute Gasteiger partial charge is 0.436 e. The van der Waals surface area contributed by atoms with Gasteiger partial charge in [0.1, 0.15) is 0 Å². The number of piperazine rings is 1. The molecule has 4 N–H and O–H groups in total. The minimum absolute atomic E-state index is 0.0653. The van der Waals surface area contributed by atoms with E-state index in [1.165, 1.54) is 5.06 Å². The highest BCUT2D eigenvalue weighted by Crippen LogP contribution is 2.35. The lowest BCUT2D eigenvalue weighted by Crippen LogP contribution is -2.49. The van der Waals surface area contributed by atoms with Crippen LogP contribution in [0.3, 0.4) is 0 Å². The number of nitrogens with two attached hydrogens (primary N) is 1. The third-order valence-corrected chi connectivity index (χ3v) is 7.66. The lowest BCUT2D eigenvalue weighted by Gasteiger charge is -2.34. The number of carbonyl (C=O) groups is 2. The normalized spacial score (nSPS) is 17.1. The first kappa shape index (κ1) is 28.5. The summed E-state index contributed by atoms with van der Waals surface area (Å²) in [5.74, 6) is 1.10. The summed E-state index contributed by atoms with van der Waals surface area (Å²) in [5.41, 5.74) is 8.89. The van der Waals surface area contributed by atoms with Crippen LogP contribution in [0.15, 0.2) is 36.7 Å². The van der Waals surface area contributed by atoms with Crippen LogP contribution in [-0.2, 0) is 16.0 Å². The van der Waals surface area contributed by atoms with E-state index in [1.807, 2.05) is 4.90 Å². The van der Waals surface area contributed by atoms with E-state index in [9.17, 15) is 9.59 Å². The van der Waals surface area contributed by atoms with Crippen molar-refractivity contribution in [1.29, 1.82) is 0 Å². The average molecular weight is 591 g/mol. The van der Waals surface area contributed by atoms with Crippen LogP contribution >= 0.6 is 0 Å². The summed E-state index contributed by atoms with van der Waals surface area (Å²) < 4.78 is 5.49. The van der Waals surface area contributed by atoms with Gasteiger partial charge >= 0.3 is 6.09 Å². The van der Waals surface area contributed by atoms with Crippen molar-refractivity contribution in [2.45, 2.75) is 6.42 Å². The van der Waals surface area contributed by atoms with Gasteiger partial charge in [-0.1, -0.05) is 0 Å². The molecule has 0 saturated carbocycles. The molecule has 5 heterocycles. The number of benzene rings is 1. The number of hydroxylamine groups is 1. The number of morpholine rings is 1. The molecule has 6 rings (SSSR count). The molecule has 2 amide bonds. The van der Waals surface area contributed by atoms with Crippen molar-refractivity contribution < 1.29 is 24.3 Å². The van der Waals surface area contributed by atoms with Gasteiger partial charge in [0.25, 0.3) is 5.91 Å². The summed E-state index contributed by atoms with van der Waals surface area (Å²) in [5, 5.41) is 13.3. The summed E-state index contributed by atoms with van der Waals surface area (Å²) in [6.07, 6.45) is 3.11. The summed E-state index contributed by atoms with van der Waals surface area (Å²) in [6, 6.07) is 6.72. The van der Waals surface area contributed by atoms with Crippen molar-refractivity contribution in [3.63, 3.8) is 0 Å². The Morgan fingerprint density at radius 2 is 1.70 bits per heavy atom. The maximum atomic E-state index is 12.9. The topological polar surface area (TPSA) is 175 Å². The van der Waals surface area contributed by atoms with Crippen LogP contribution < -0.4 is 21.0 Å². The van der Waals surface area contributed by atoms with Gasteiger partial charge in [0.2, 0.25) is 11.9 Å². The number of rotatable bonds is 7. The highest BCUT2D eigenvalue weighted by molar-refractivity contribution is 5.95. The van der Waals surface area contributed by atoms with Gasteiger partial charge in [0.05, 0.1) is 32.1 Å². The van der Waals surface area contributed by atoms with Gasteiger partial charge in [0, 0.05) is 80.6 Å². The Kier molecular flexibility index (Phi) is 8.44. The molecule has 1 aromatic carbocycles. The fraction of sp³-hybridized carbons (Fsp3) is 0.429. The van der Waals surface area contributed by atoms with Crippen LogP contribution in [0.2, 0.25) is 0 Å². The first-order valence-electron chi connectivity index (χ1n) is 14.3. The molecule has 0 atom stereocenters. The molecule has 2 saturated heterocycles. The molecule has 226 valence electrons. The number of hydrogen-bond acceptors (Lipinski definition) is 13. The van der Waals surface area contributed by atoms with E-state index < -0.39 is 6.09 Å². The minimum atomic E-state index is -0.684. The summed E-state index contributed by atoms with van der Waals surface area (Å²) in [4.78, 5) is 55.4. The van der Waals surface area contributed by atoms with Crippen LogP contribution in [0.1, 0.15) is 15.9 Å². The van der Waals surface area contributed by atoms with E-state index in [-0.39, 0.29) is 18.5 Å². The van der Waals surface area contributed by atoms with E-state index in [1.54, 1.807) is 41.6 Å². The van der Waals surface area contributed by atoms with E-state index >= 15 is 0 Å². The Hall–Kier alpha value is -4.60. The zero-order valence-corrected chi connectivity index (χ0v) is 23.7. The van der Waals surface area contributed by atoms with Crippen LogP contribution in [-0.4, -0.2) is 119 Å². The van der Waals surface area contributed by atoms with Crippen molar-refractivity contribution >= 4 is 35.4 Å². The first-order valence-corrected chi connectivity index (χ1v) is 14.3. The smallest absolute Gasteiger partial charge is 0.395 e. The number of nitrogens with zero attached hydrogens (tertiary/aromatic N) is 8. The Bertz CT molecular complexity index is 1440. The number of aliphatic hydroxyl groups is 1. The van der Waals surface area contributed by atoms with Gasteiger partial charge in [-0.05, 0) is 30.7 Å². The van der Waals surface area contributed by atoms with Crippen LogP contribution in [0.5, 0.6) is 0 Å². The Labute approximate surface area is 248 Å². The number of β-amino-alcohol motifs (C(OH)–C–C–N with tert-alkyl or cyclic N) is 1. The molecular weight excluding hydrogens is 556 g/mol. The molecule has 0 radical (unpaired) electrons. The predicted molar refractivity (Wildman–Crippen MR) is 158 cm³/mol. The second kappa shape index (κ2) is 12.7. The van der Waals surface area contributed by atoms with Gasteiger partial charge in [-0.15, -0.1) is 0 Å². The number of hydrogen-bond donors (Lipinski definition) is 3. The fourth-order valence-electron chi connectivity index (χ4n) is 5.34.